The standard InChI is InChI=1S/C15H17NO4/c1-9-13(10(2)18)14-11(15(19)20)5-3-6-12(14)16(9)7-4-8-17/h3,5-6,17H,4,7-8H2,1-2H3,(H,19,20). The molecule has 0 spiro atoms. The molecule has 1 heterocycles. The second-order valence-corrected chi connectivity index (χ2v) is 4.75. The third-order valence-electron chi connectivity index (χ3n) is 3.47. The van der Waals surface area contributed by atoms with Crippen molar-refractivity contribution < 1.29 is 19.8 Å². The van der Waals surface area contributed by atoms with Crippen LogP contribution < -0.4 is 0 Å². The first-order chi connectivity index (χ1) is 9.49. The number of carboxylic acid groups (broad SMARTS) is 1. The summed E-state index contributed by atoms with van der Waals surface area (Å²) in [7, 11) is 0. The van der Waals surface area contributed by atoms with Crippen LogP contribution in [0.2, 0.25) is 0 Å². The fraction of sp³-hybridized carbons (Fsp3) is 0.333. The zero-order valence-corrected chi connectivity index (χ0v) is 11.5. The molecule has 0 aliphatic rings. The van der Waals surface area contributed by atoms with Crippen LogP contribution in [0, 0.1) is 6.92 Å². The van der Waals surface area contributed by atoms with Gasteiger partial charge in [0.25, 0.3) is 0 Å². The molecule has 1 aromatic heterocycles. The molecule has 20 heavy (non-hydrogen) atoms. The van der Waals surface area contributed by atoms with Crippen LogP contribution in [0.4, 0.5) is 0 Å². The molecule has 0 aliphatic carbocycles. The van der Waals surface area contributed by atoms with Gasteiger partial charge in [0.1, 0.15) is 0 Å². The molecule has 0 radical (unpaired) electrons. The van der Waals surface area contributed by atoms with Gasteiger partial charge in [0, 0.05) is 35.3 Å². The largest absolute Gasteiger partial charge is 0.478 e. The lowest BCUT2D eigenvalue weighted by molar-refractivity contribution is 0.0699. The van der Waals surface area contributed by atoms with Gasteiger partial charge in [0.05, 0.1) is 5.56 Å². The highest BCUT2D eigenvalue weighted by atomic mass is 16.4. The third-order valence-corrected chi connectivity index (χ3v) is 3.47. The Labute approximate surface area is 116 Å². The average molecular weight is 275 g/mol. The van der Waals surface area contributed by atoms with Crippen molar-refractivity contribution >= 4 is 22.7 Å². The molecule has 1 aromatic carbocycles. The molecule has 5 heteroatoms. The van der Waals surface area contributed by atoms with Crippen LogP contribution in [0.1, 0.15) is 39.8 Å². The minimum atomic E-state index is -1.04. The Morgan fingerprint density at radius 2 is 2.00 bits per heavy atom. The van der Waals surface area contributed by atoms with E-state index in [1.54, 1.807) is 19.1 Å². The number of aliphatic hydroxyl groups is 1. The number of benzene rings is 1. The topological polar surface area (TPSA) is 79.5 Å². The second kappa shape index (κ2) is 5.46. The number of nitrogens with zero attached hydrogens (tertiary/aromatic N) is 1. The minimum Gasteiger partial charge on any atom is -0.478 e. The molecule has 0 amide bonds. The maximum Gasteiger partial charge on any atom is 0.336 e. The van der Waals surface area contributed by atoms with E-state index >= 15 is 0 Å². The number of aromatic carboxylic acids is 1. The maximum atomic E-state index is 11.9. The lowest BCUT2D eigenvalue weighted by Gasteiger charge is -2.07. The first-order valence-electron chi connectivity index (χ1n) is 6.46. The number of aliphatic hydroxyl groups excluding tert-OH is 1. The van der Waals surface area contributed by atoms with E-state index in [0.717, 1.165) is 11.2 Å². The number of Topliss-reactive ketones (excluding diaryl/α,β-unsaturated/α-hetero) is 1. The Morgan fingerprint density at radius 1 is 1.30 bits per heavy atom. The fourth-order valence-corrected chi connectivity index (χ4v) is 2.65. The molecule has 106 valence electrons. The van der Waals surface area contributed by atoms with E-state index in [0.29, 0.717) is 23.9 Å². The molecular weight excluding hydrogens is 258 g/mol. The molecule has 5 nitrogen and oxygen atoms in total. The van der Waals surface area contributed by atoms with Crippen LogP contribution in [0.3, 0.4) is 0 Å². The zero-order valence-electron chi connectivity index (χ0n) is 11.5. The Kier molecular flexibility index (Phi) is 3.90. The van der Waals surface area contributed by atoms with Gasteiger partial charge in [-0.25, -0.2) is 4.79 Å². The van der Waals surface area contributed by atoms with Crippen molar-refractivity contribution in [2.24, 2.45) is 0 Å². The predicted octanol–water partition coefficient (Wildman–Crippen LogP) is 2.23. The predicted molar refractivity (Wildman–Crippen MR) is 75.3 cm³/mol. The van der Waals surface area contributed by atoms with Gasteiger partial charge in [-0.1, -0.05) is 6.07 Å². The fourth-order valence-electron chi connectivity index (χ4n) is 2.65. The lowest BCUT2D eigenvalue weighted by Crippen LogP contribution is -2.03. The second-order valence-electron chi connectivity index (χ2n) is 4.75. The quantitative estimate of drug-likeness (QED) is 0.820. The van der Waals surface area contributed by atoms with E-state index in [1.165, 1.54) is 13.0 Å². The number of ketones is 1. The van der Waals surface area contributed by atoms with Crippen molar-refractivity contribution in [3.63, 3.8) is 0 Å². The summed E-state index contributed by atoms with van der Waals surface area (Å²) >= 11 is 0. The molecule has 2 N–H and O–H groups in total. The van der Waals surface area contributed by atoms with Crippen LogP contribution in [0.25, 0.3) is 10.9 Å². The lowest BCUT2D eigenvalue weighted by atomic mass is 10.0. The highest BCUT2D eigenvalue weighted by molar-refractivity contribution is 6.15. The summed E-state index contributed by atoms with van der Waals surface area (Å²) in [6, 6.07) is 4.98. The highest BCUT2D eigenvalue weighted by Gasteiger charge is 2.21. The molecule has 0 saturated carbocycles. The summed E-state index contributed by atoms with van der Waals surface area (Å²) in [6.07, 6.45) is 0.555. The number of aromatic nitrogens is 1. The number of carbonyl (C=O) groups is 2. The number of hydrogen-bond acceptors (Lipinski definition) is 3. The molecule has 0 atom stereocenters. The molecule has 0 fully saturated rings. The molecule has 0 bridgehead atoms. The number of rotatable bonds is 5. The first-order valence-corrected chi connectivity index (χ1v) is 6.46. The Hall–Kier alpha value is -2.14. The summed E-state index contributed by atoms with van der Waals surface area (Å²) in [6.45, 7) is 3.85. The first kappa shape index (κ1) is 14.3. The Bertz CT molecular complexity index is 685. The van der Waals surface area contributed by atoms with Gasteiger partial charge in [-0.3, -0.25) is 4.79 Å². The Balaban J connectivity index is 2.83. The van der Waals surface area contributed by atoms with Crippen molar-refractivity contribution in [3.8, 4) is 0 Å². The van der Waals surface area contributed by atoms with E-state index in [2.05, 4.69) is 0 Å². The smallest absolute Gasteiger partial charge is 0.336 e. The molecule has 2 rings (SSSR count). The normalized spacial score (nSPS) is 10.9. The monoisotopic (exact) mass is 275 g/mol. The summed E-state index contributed by atoms with van der Waals surface area (Å²) in [4.78, 5) is 23.3. The molecule has 0 unspecified atom stereocenters. The summed E-state index contributed by atoms with van der Waals surface area (Å²) in [5.41, 5.74) is 2.06. The number of hydrogen-bond donors (Lipinski definition) is 2. The van der Waals surface area contributed by atoms with Crippen LogP contribution in [0.15, 0.2) is 18.2 Å². The van der Waals surface area contributed by atoms with Gasteiger partial charge >= 0.3 is 5.97 Å². The number of aryl methyl sites for hydroxylation is 1. The number of carbonyl (C=O) groups excluding carboxylic acids is 1. The van der Waals surface area contributed by atoms with Gasteiger partial charge in [0.15, 0.2) is 5.78 Å². The third kappa shape index (κ3) is 2.20. The number of fused-ring (bicyclic) bond motifs is 1. The maximum absolute atomic E-state index is 11.9. The Morgan fingerprint density at radius 3 is 2.55 bits per heavy atom. The van der Waals surface area contributed by atoms with E-state index < -0.39 is 5.97 Å². The van der Waals surface area contributed by atoms with Crippen LogP contribution in [-0.2, 0) is 6.54 Å². The zero-order chi connectivity index (χ0) is 14.9. The molecule has 0 aliphatic heterocycles. The van der Waals surface area contributed by atoms with Gasteiger partial charge in [-0.05, 0) is 32.4 Å². The van der Waals surface area contributed by atoms with Crippen molar-refractivity contribution in [1.29, 1.82) is 0 Å². The van der Waals surface area contributed by atoms with E-state index in [1.807, 2.05) is 4.57 Å². The van der Waals surface area contributed by atoms with E-state index in [-0.39, 0.29) is 18.0 Å². The van der Waals surface area contributed by atoms with E-state index in [4.69, 9.17) is 5.11 Å². The van der Waals surface area contributed by atoms with Gasteiger partial charge in [-0.15, -0.1) is 0 Å². The van der Waals surface area contributed by atoms with Crippen molar-refractivity contribution in [3.05, 3.63) is 35.0 Å². The highest BCUT2D eigenvalue weighted by Crippen LogP contribution is 2.29. The SMILES string of the molecule is CC(=O)c1c(C)n(CCCO)c2cccc(C(=O)O)c12. The summed E-state index contributed by atoms with van der Waals surface area (Å²) < 4.78 is 1.90. The van der Waals surface area contributed by atoms with Crippen LogP contribution in [-0.4, -0.2) is 33.1 Å². The summed E-state index contributed by atoms with van der Waals surface area (Å²) in [5, 5.41) is 18.8. The van der Waals surface area contributed by atoms with Crippen molar-refractivity contribution in [2.45, 2.75) is 26.8 Å². The molecule has 2 aromatic rings. The van der Waals surface area contributed by atoms with Crippen molar-refractivity contribution in [1.82, 2.24) is 4.57 Å². The average Bonchev–Trinajstić information content (AvgIpc) is 2.67. The van der Waals surface area contributed by atoms with Crippen LogP contribution >= 0.6 is 0 Å². The molecular formula is C15H17NO4. The van der Waals surface area contributed by atoms with Gasteiger partial charge < -0.3 is 14.8 Å². The minimum absolute atomic E-state index is 0.0487. The van der Waals surface area contributed by atoms with Crippen LogP contribution in [0.5, 0.6) is 0 Å². The van der Waals surface area contributed by atoms with E-state index in [9.17, 15) is 14.7 Å². The van der Waals surface area contributed by atoms with Crippen molar-refractivity contribution in [2.75, 3.05) is 6.61 Å². The number of carboxylic acids is 1. The summed E-state index contributed by atoms with van der Waals surface area (Å²) in [5.74, 6) is -1.19. The molecule has 0 saturated heterocycles. The van der Waals surface area contributed by atoms with Gasteiger partial charge in [0.2, 0.25) is 0 Å². The van der Waals surface area contributed by atoms with Gasteiger partial charge in [-0.2, -0.15) is 0 Å².